The van der Waals surface area contributed by atoms with Crippen LogP contribution in [0.3, 0.4) is 0 Å². The summed E-state index contributed by atoms with van der Waals surface area (Å²) in [5.74, 6) is -0.391. The van der Waals surface area contributed by atoms with Crippen LogP contribution in [-0.4, -0.2) is 14.3 Å². The van der Waals surface area contributed by atoms with E-state index in [1.807, 2.05) is 71.5 Å². The quantitative estimate of drug-likeness (QED) is 0.172. The van der Waals surface area contributed by atoms with E-state index in [1.165, 1.54) is 24.3 Å². The molecule has 0 amide bonds. The minimum Gasteiger partial charge on any atom is -0.398 e. The van der Waals surface area contributed by atoms with Crippen LogP contribution in [0.1, 0.15) is 34.0 Å². The fourth-order valence-electron chi connectivity index (χ4n) is 6.19. The largest absolute Gasteiger partial charge is 0.398 e. The summed E-state index contributed by atoms with van der Waals surface area (Å²) in [5.41, 5.74) is 19.4. The van der Waals surface area contributed by atoms with Gasteiger partial charge in [-0.25, -0.2) is 8.78 Å². The van der Waals surface area contributed by atoms with Gasteiger partial charge in [-0.05, 0) is 91.1 Å². The molecular formula is C39H34BrF2N5O3. The van der Waals surface area contributed by atoms with E-state index in [9.17, 15) is 18.4 Å². The number of para-hydroxylation sites is 2. The van der Waals surface area contributed by atoms with Crippen LogP contribution in [0.15, 0.2) is 104 Å². The Morgan fingerprint density at radius 2 is 1.18 bits per heavy atom. The molecule has 0 atom stereocenters. The fourth-order valence-corrected chi connectivity index (χ4v) is 6.52. The van der Waals surface area contributed by atoms with Gasteiger partial charge in [-0.1, -0.05) is 41.6 Å². The lowest BCUT2D eigenvalue weighted by Gasteiger charge is -2.17. The third kappa shape index (κ3) is 6.56. The molecule has 11 heteroatoms. The summed E-state index contributed by atoms with van der Waals surface area (Å²) in [7, 11) is 0. The highest BCUT2D eigenvalue weighted by Crippen LogP contribution is 2.32. The minimum absolute atomic E-state index is 0.184. The molecule has 3 aromatic heterocycles. The lowest BCUT2D eigenvalue weighted by atomic mass is 10.0. The summed E-state index contributed by atoms with van der Waals surface area (Å²) < 4.78 is 38.1. The molecule has 0 fully saturated rings. The van der Waals surface area contributed by atoms with Crippen molar-refractivity contribution in [3.8, 4) is 11.1 Å². The number of hydrogen-bond donors (Lipinski definition) is 2. The number of aromatic nitrogens is 3. The van der Waals surface area contributed by atoms with Crippen LogP contribution in [0.2, 0.25) is 0 Å². The van der Waals surface area contributed by atoms with E-state index in [4.69, 9.17) is 16.0 Å². The molecule has 3 heterocycles. The van der Waals surface area contributed by atoms with E-state index in [0.717, 1.165) is 22.5 Å². The van der Waals surface area contributed by atoms with E-state index in [-0.39, 0.29) is 10.9 Å². The van der Waals surface area contributed by atoms with Crippen molar-refractivity contribution in [2.24, 2.45) is 0 Å². The number of halogens is 3. The van der Waals surface area contributed by atoms with Gasteiger partial charge in [0.05, 0.1) is 26.8 Å². The molecule has 0 aliphatic carbocycles. The highest BCUT2D eigenvalue weighted by Gasteiger charge is 2.19. The van der Waals surface area contributed by atoms with Crippen LogP contribution in [0.25, 0.3) is 32.9 Å². The van der Waals surface area contributed by atoms with E-state index >= 15 is 0 Å². The zero-order valence-electron chi connectivity index (χ0n) is 27.9. The molecule has 0 saturated carbocycles. The Hall–Kier alpha value is -5.55. The van der Waals surface area contributed by atoms with Gasteiger partial charge in [-0.2, -0.15) is 0 Å². The number of aryl methyl sites for hydroxylation is 4. The number of nitrogens with zero attached hydrogens (tertiary/aromatic N) is 3. The Kier molecular flexibility index (Phi) is 9.44. The minimum atomic E-state index is -0.478. The topological polar surface area (TPSA) is 122 Å². The van der Waals surface area contributed by atoms with Crippen molar-refractivity contribution in [2.75, 3.05) is 11.5 Å². The molecule has 0 radical (unpaired) electrons. The van der Waals surface area contributed by atoms with Gasteiger partial charge in [-0.15, -0.1) is 0 Å². The molecule has 0 spiro atoms. The van der Waals surface area contributed by atoms with Crippen molar-refractivity contribution < 1.29 is 13.3 Å². The summed E-state index contributed by atoms with van der Waals surface area (Å²) in [4.78, 5) is 24.6. The van der Waals surface area contributed by atoms with Gasteiger partial charge < -0.3 is 25.1 Å². The molecule has 0 unspecified atom stereocenters. The SMILES string of the molecule is Cc1cc(=O)c2cc(F)c(Br)cc2n1Cc1ccccc1N.Cc1noc(C)c1-c1cc2c(cc1F)c(=O)cc(C)n2Cc1ccccc1N. The number of nitrogens with two attached hydrogens (primary N) is 2. The van der Waals surface area contributed by atoms with Crippen LogP contribution < -0.4 is 22.3 Å². The zero-order valence-corrected chi connectivity index (χ0v) is 29.4. The average Bonchev–Trinajstić information content (AvgIpc) is 3.41. The van der Waals surface area contributed by atoms with Crippen molar-refractivity contribution in [1.29, 1.82) is 0 Å². The van der Waals surface area contributed by atoms with E-state index < -0.39 is 11.6 Å². The fraction of sp³-hybridized carbons (Fsp3) is 0.154. The van der Waals surface area contributed by atoms with Gasteiger partial charge in [0, 0.05) is 64.3 Å². The van der Waals surface area contributed by atoms with E-state index in [0.29, 0.717) is 73.3 Å². The molecule has 4 aromatic carbocycles. The van der Waals surface area contributed by atoms with E-state index in [1.54, 1.807) is 26.0 Å². The summed E-state index contributed by atoms with van der Waals surface area (Å²) in [6, 6.07) is 24.1. The van der Waals surface area contributed by atoms with Crippen LogP contribution in [0, 0.1) is 39.3 Å². The highest BCUT2D eigenvalue weighted by atomic mass is 79.9. The van der Waals surface area contributed by atoms with Crippen LogP contribution >= 0.6 is 15.9 Å². The Morgan fingerprint density at radius 1 is 0.700 bits per heavy atom. The van der Waals surface area contributed by atoms with Gasteiger partial charge in [0.25, 0.3) is 0 Å². The summed E-state index contributed by atoms with van der Waals surface area (Å²) in [5, 5.41) is 4.61. The molecular weight excluding hydrogens is 704 g/mol. The lowest BCUT2D eigenvalue weighted by molar-refractivity contribution is 0.393. The first-order valence-electron chi connectivity index (χ1n) is 15.8. The smallest absolute Gasteiger partial charge is 0.189 e. The second-order valence-corrected chi connectivity index (χ2v) is 13.1. The standard InChI is InChI=1S/C22H20FN3O2.C17H14BrFN2O/c1-12-8-21(27)17-9-18(23)16(22-13(2)25-28-14(22)3)10-20(17)26(12)11-15-6-4-5-7-19(15)24;1-10-6-17(22)12-7-14(19)13(18)8-16(12)21(10)9-11-4-2-3-5-15(11)20/h4-10H,11,24H2,1-3H3;2-8H,9,20H2,1H3. The number of pyridine rings is 2. The van der Waals surface area contributed by atoms with Gasteiger partial charge >= 0.3 is 0 Å². The van der Waals surface area contributed by atoms with Crippen molar-refractivity contribution in [2.45, 2.75) is 40.8 Å². The Bertz CT molecular complexity index is 2540. The molecule has 0 saturated heterocycles. The number of anilines is 2. The van der Waals surface area contributed by atoms with Crippen LogP contribution in [0.4, 0.5) is 20.2 Å². The van der Waals surface area contributed by atoms with Crippen LogP contribution in [-0.2, 0) is 13.1 Å². The third-order valence-corrected chi connectivity index (χ3v) is 9.45. The van der Waals surface area contributed by atoms with Gasteiger partial charge in [0.1, 0.15) is 17.4 Å². The molecule has 0 aliphatic heterocycles. The maximum Gasteiger partial charge on any atom is 0.189 e. The monoisotopic (exact) mass is 737 g/mol. The first-order valence-corrected chi connectivity index (χ1v) is 16.6. The zero-order chi connectivity index (χ0) is 35.9. The molecule has 254 valence electrons. The number of benzene rings is 4. The van der Waals surface area contributed by atoms with Crippen molar-refractivity contribution >= 4 is 49.1 Å². The molecule has 8 nitrogen and oxygen atoms in total. The average molecular weight is 739 g/mol. The first kappa shape index (κ1) is 34.3. The summed E-state index contributed by atoms with van der Waals surface area (Å²) in [6.07, 6.45) is 0. The molecule has 4 N–H and O–H groups in total. The van der Waals surface area contributed by atoms with Gasteiger partial charge in [-0.3, -0.25) is 9.59 Å². The predicted octanol–water partition coefficient (Wildman–Crippen LogP) is 8.19. The third-order valence-electron chi connectivity index (χ3n) is 8.84. The van der Waals surface area contributed by atoms with Crippen molar-refractivity contribution in [3.05, 3.63) is 155 Å². The lowest BCUT2D eigenvalue weighted by Crippen LogP contribution is -2.14. The van der Waals surface area contributed by atoms with Crippen molar-refractivity contribution in [3.63, 3.8) is 0 Å². The Morgan fingerprint density at radius 3 is 1.66 bits per heavy atom. The highest BCUT2D eigenvalue weighted by molar-refractivity contribution is 9.10. The molecule has 0 aliphatic rings. The van der Waals surface area contributed by atoms with Gasteiger partial charge in [0.2, 0.25) is 0 Å². The number of nitrogen functional groups attached to an aromatic ring is 2. The Balaban J connectivity index is 0.000000178. The first-order chi connectivity index (χ1) is 23.8. The van der Waals surface area contributed by atoms with E-state index in [2.05, 4.69) is 21.1 Å². The predicted molar refractivity (Wildman–Crippen MR) is 198 cm³/mol. The van der Waals surface area contributed by atoms with Crippen LogP contribution in [0.5, 0.6) is 0 Å². The second kappa shape index (κ2) is 13.8. The molecule has 7 aromatic rings. The van der Waals surface area contributed by atoms with Crippen molar-refractivity contribution in [1.82, 2.24) is 14.3 Å². The normalized spacial score (nSPS) is 11.2. The summed E-state index contributed by atoms with van der Waals surface area (Å²) in [6.45, 7) is 8.22. The summed E-state index contributed by atoms with van der Waals surface area (Å²) >= 11 is 3.18. The molecule has 7 rings (SSSR count). The second-order valence-electron chi connectivity index (χ2n) is 12.2. The Labute approximate surface area is 294 Å². The molecule has 50 heavy (non-hydrogen) atoms. The number of fused-ring (bicyclic) bond motifs is 2. The van der Waals surface area contributed by atoms with Gasteiger partial charge in [0.15, 0.2) is 10.9 Å². The maximum atomic E-state index is 14.9. The maximum absolute atomic E-state index is 14.9. The number of hydrogen-bond acceptors (Lipinski definition) is 6. The number of rotatable bonds is 5. The molecule has 0 bridgehead atoms.